The smallest absolute Gasteiger partial charge is 0.418 e. The third-order valence-electron chi connectivity index (χ3n) is 3.74. The van der Waals surface area contributed by atoms with Gasteiger partial charge in [0.05, 0.1) is 27.0 Å². The average molecular weight is 415 g/mol. The number of nitrogens with one attached hydrogen (secondary N) is 2. The Balaban J connectivity index is 1.95. The van der Waals surface area contributed by atoms with Crippen LogP contribution in [0.25, 0.3) is 10.8 Å². The molecule has 3 aromatic rings. The molecule has 0 saturated carbocycles. The van der Waals surface area contributed by atoms with Crippen molar-refractivity contribution in [2.75, 3.05) is 10.6 Å². The van der Waals surface area contributed by atoms with Crippen LogP contribution >= 0.6 is 23.2 Å². The molecule has 140 valence electrons. The summed E-state index contributed by atoms with van der Waals surface area (Å²) in [5, 5.41) is 15.5. The van der Waals surface area contributed by atoms with Crippen molar-refractivity contribution in [2.45, 2.75) is 6.18 Å². The van der Waals surface area contributed by atoms with E-state index in [0.29, 0.717) is 15.8 Å². The summed E-state index contributed by atoms with van der Waals surface area (Å²) in [6, 6.07) is 9.32. The summed E-state index contributed by atoms with van der Waals surface area (Å²) in [7, 11) is 0. The summed E-state index contributed by atoms with van der Waals surface area (Å²) >= 11 is 12.2. The quantitative estimate of drug-likeness (QED) is 0.447. The Kier molecular flexibility index (Phi) is 5.08. The Morgan fingerprint density at radius 3 is 2.33 bits per heavy atom. The predicted octanol–water partition coefficient (Wildman–Crippen LogP) is 6.52. The fourth-order valence-electron chi connectivity index (χ4n) is 2.57. The van der Waals surface area contributed by atoms with Gasteiger partial charge in [-0.25, -0.2) is 4.79 Å². The van der Waals surface area contributed by atoms with Gasteiger partial charge in [-0.3, -0.25) is 0 Å². The first-order valence-electron chi connectivity index (χ1n) is 7.52. The number of benzene rings is 3. The molecule has 0 fully saturated rings. The van der Waals surface area contributed by atoms with Crippen LogP contribution < -0.4 is 10.6 Å². The van der Waals surface area contributed by atoms with E-state index in [-0.39, 0.29) is 16.5 Å². The fourth-order valence-corrected chi connectivity index (χ4v) is 3.16. The van der Waals surface area contributed by atoms with E-state index in [1.807, 2.05) is 0 Å². The normalized spacial score (nSPS) is 11.4. The lowest BCUT2D eigenvalue weighted by Gasteiger charge is -2.16. The maximum absolute atomic E-state index is 13.1. The van der Waals surface area contributed by atoms with Crippen molar-refractivity contribution in [1.82, 2.24) is 0 Å². The molecular weight excluding hydrogens is 404 g/mol. The summed E-state index contributed by atoms with van der Waals surface area (Å²) < 4.78 is 39.2. The van der Waals surface area contributed by atoms with Crippen LogP contribution in [-0.2, 0) is 6.18 Å². The number of carbonyl (C=O) groups excluding carboxylic acids is 1. The van der Waals surface area contributed by atoms with E-state index >= 15 is 0 Å². The Morgan fingerprint density at radius 2 is 1.63 bits per heavy atom. The fraction of sp³-hybridized carbons (Fsp3) is 0.0556. The minimum atomic E-state index is -4.62. The SMILES string of the molecule is O=C(Nc1ccccc1C(F)(F)F)Nc1c(Cl)cc(Cl)c2ccc(O)cc12. The van der Waals surface area contributed by atoms with Gasteiger partial charge in [-0.1, -0.05) is 35.3 Å². The minimum absolute atomic E-state index is 0.0670. The number of carbonyl (C=O) groups is 1. The molecule has 0 bridgehead atoms. The summed E-state index contributed by atoms with van der Waals surface area (Å²) in [6.45, 7) is 0. The van der Waals surface area contributed by atoms with Crippen LogP contribution in [0.1, 0.15) is 5.56 Å². The maximum atomic E-state index is 13.1. The summed E-state index contributed by atoms with van der Waals surface area (Å²) in [5.41, 5.74) is -1.28. The zero-order valence-corrected chi connectivity index (χ0v) is 14.9. The van der Waals surface area contributed by atoms with Crippen LogP contribution in [-0.4, -0.2) is 11.1 Å². The average Bonchev–Trinajstić information content (AvgIpc) is 2.58. The van der Waals surface area contributed by atoms with Crippen LogP contribution in [0.15, 0.2) is 48.5 Å². The Bertz CT molecular complexity index is 1040. The van der Waals surface area contributed by atoms with E-state index in [9.17, 15) is 23.1 Å². The number of amides is 2. The van der Waals surface area contributed by atoms with Crippen LogP contribution in [0.5, 0.6) is 5.75 Å². The number of aromatic hydroxyl groups is 1. The molecule has 0 saturated heterocycles. The molecule has 0 radical (unpaired) electrons. The third-order valence-corrected chi connectivity index (χ3v) is 4.35. The molecule has 3 N–H and O–H groups in total. The van der Waals surface area contributed by atoms with Crippen molar-refractivity contribution < 1.29 is 23.1 Å². The molecule has 0 aliphatic heterocycles. The molecule has 0 aromatic heterocycles. The standard InChI is InChI=1S/C18H11Cl2F3N2O2/c19-13-8-14(20)16(11-7-9(26)5-6-10(11)13)25-17(27)24-15-4-2-1-3-12(15)18(21,22)23/h1-8,26H,(H2,24,25,27). The molecule has 0 atom stereocenters. The molecule has 9 heteroatoms. The number of phenols is 1. The zero-order chi connectivity index (χ0) is 19.8. The largest absolute Gasteiger partial charge is 0.508 e. The van der Waals surface area contributed by atoms with Crippen molar-refractivity contribution in [3.63, 3.8) is 0 Å². The van der Waals surface area contributed by atoms with Crippen LogP contribution in [0.2, 0.25) is 10.0 Å². The topological polar surface area (TPSA) is 61.4 Å². The van der Waals surface area contributed by atoms with Gasteiger partial charge in [0.1, 0.15) is 5.75 Å². The van der Waals surface area contributed by atoms with Gasteiger partial charge in [0.25, 0.3) is 0 Å². The maximum Gasteiger partial charge on any atom is 0.418 e. The Labute approximate surface area is 161 Å². The lowest BCUT2D eigenvalue weighted by Crippen LogP contribution is -2.22. The molecule has 3 aromatic carbocycles. The predicted molar refractivity (Wildman–Crippen MR) is 99.7 cm³/mol. The number of hydrogen-bond donors (Lipinski definition) is 3. The lowest BCUT2D eigenvalue weighted by molar-refractivity contribution is -0.136. The molecule has 2 amide bonds. The van der Waals surface area contributed by atoms with Gasteiger partial charge in [0.2, 0.25) is 0 Å². The number of alkyl halides is 3. The zero-order valence-electron chi connectivity index (χ0n) is 13.4. The van der Waals surface area contributed by atoms with Crippen molar-refractivity contribution in [1.29, 1.82) is 0 Å². The number of rotatable bonds is 2. The van der Waals surface area contributed by atoms with E-state index in [1.165, 1.54) is 36.4 Å². The van der Waals surface area contributed by atoms with Crippen molar-refractivity contribution in [3.05, 3.63) is 64.1 Å². The molecule has 27 heavy (non-hydrogen) atoms. The number of phenolic OH excluding ortho intramolecular Hbond substituents is 1. The van der Waals surface area contributed by atoms with E-state index in [2.05, 4.69) is 10.6 Å². The number of anilines is 2. The Hall–Kier alpha value is -2.64. The molecule has 0 aliphatic rings. The first-order chi connectivity index (χ1) is 12.7. The number of hydrogen-bond acceptors (Lipinski definition) is 2. The van der Waals surface area contributed by atoms with Crippen LogP contribution in [0.3, 0.4) is 0 Å². The van der Waals surface area contributed by atoms with Crippen molar-refractivity contribution in [3.8, 4) is 5.75 Å². The van der Waals surface area contributed by atoms with Gasteiger partial charge in [0.15, 0.2) is 0 Å². The Morgan fingerprint density at radius 1 is 0.926 bits per heavy atom. The first kappa shape index (κ1) is 19.1. The summed E-state index contributed by atoms with van der Waals surface area (Å²) in [6.07, 6.45) is -4.62. The molecule has 4 nitrogen and oxygen atoms in total. The second-order valence-corrected chi connectivity index (χ2v) is 6.38. The highest BCUT2D eigenvalue weighted by molar-refractivity contribution is 6.41. The minimum Gasteiger partial charge on any atom is -0.508 e. The highest BCUT2D eigenvalue weighted by atomic mass is 35.5. The van der Waals surface area contributed by atoms with E-state index < -0.39 is 23.5 Å². The molecule has 0 unspecified atom stereocenters. The molecule has 3 rings (SSSR count). The van der Waals surface area contributed by atoms with Gasteiger partial charge >= 0.3 is 12.2 Å². The first-order valence-corrected chi connectivity index (χ1v) is 8.27. The molecule has 0 heterocycles. The highest BCUT2D eigenvalue weighted by Crippen LogP contribution is 2.38. The highest BCUT2D eigenvalue weighted by Gasteiger charge is 2.33. The van der Waals surface area contributed by atoms with Crippen molar-refractivity contribution >= 4 is 51.4 Å². The van der Waals surface area contributed by atoms with Crippen LogP contribution in [0, 0.1) is 0 Å². The molecule has 0 aliphatic carbocycles. The van der Waals surface area contributed by atoms with E-state index in [1.54, 1.807) is 0 Å². The number of fused-ring (bicyclic) bond motifs is 1. The summed E-state index contributed by atoms with van der Waals surface area (Å²) in [5.74, 6) is -0.0910. The van der Waals surface area contributed by atoms with Gasteiger partial charge in [-0.05, 0) is 36.4 Å². The van der Waals surface area contributed by atoms with Gasteiger partial charge < -0.3 is 15.7 Å². The third kappa shape index (κ3) is 4.04. The lowest BCUT2D eigenvalue weighted by atomic mass is 10.1. The summed E-state index contributed by atoms with van der Waals surface area (Å²) in [4.78, 5) is 12.3. The number of para-hydroxylation sites is 1. The second kappa shape index (κ2) is 7.17. The number of halogens is 5. The van der Waals surface area contributed by atoms with Crippen molar-refractivity contribution in [2.24, 2.45) is 0 Å². The van der Waals surface area contributed by atoms with Crippen LogP contribution in [0.4, 0.5) is 29.3 Å². The van der Waals surface area contributed by atoms with E-state index in [4.69, 9.17) is 23.2 Å². The monoisotopic (exact) mass is 414 g/mol. The van der Waals surface area contributed by atoms with Gasteiger partial charge in [-0.2, -0.15) is 13.2 Å². The van der Waals surface area contributed by atoms with Gasteiger partial charge in [-0.15, -0.1) is 0 Å². The molecular formula is C18H11Cl2F3N2O2. The molecule has 0 spiro atoms. The van der Waals surface area contributed by atoms with E-state index in [0.717, 1.165) is 12.1 Å². The van der Waals surface area contributed by atoms with Gasteiger partial charge in [0, 0.05) is 10.8 Å². The second-order valence-electron chi connectivity index (χ2n) is 5.57. The number of urea groups is 1.